The van der Waals surface area contributed by atoms with Crippen LogP contribution in [0.2, 0.25) is 0 Å². The molecule has 138 valence electrons. The van der Waals surface area contributed by atoms with Crippen molar-refractivity contribution in [1.82, 2.24) is 4.98 Å². The molecule has 8 nitrogen and oxygen atoms in total. The monoisotopic (exact) mass is 406 g/mol. The zero-order valence-corrected chi connectivity index (χ0v) is 16.8. The minimum absolute atomic E-state index is 0.382. The SMILES string of the molecule is COP(=O)(OC)C(Nc1nc(-c2ccccc2)cs1)P(=O)(OC)OC. The van der Waals surface area contributed by atoms with Gasteiger partial charge in [0.25, 0.3) is 0 Å². The van der Waals surface area contributed by atoms with Crippen LogP contribution in [0.1, 0.15) is 0 Å². The quantitative estimate of drug-likeness (QED) is 0.609. The van der Waals surface area contributed by atoms with Crippen LogP contribution in [0.15, 0.2) is 35.7 Å². The second-order valence-corrected chi connectivity index (χ2v) is 10.7. The van der Waals surface area contributed by atoms with Crippen molar-refractivity contribution in [3.63, 3.8) is 0 Å². The summed E-state index contributed by atoms with van der Waals surface area (Å²) in [5.41, 5.74) is 0.285. The summed E-state index contributed by atoms with van der Waals surface area (Å²) in [6, 6.07) is 9.55. The minimum atomic E-state index is -3.83. The molecule has 0 aliphatic heterocycles. The summed E-state index contributed by atoms with van der Waals surface area (Å²) in [7, 11) is -2.86. The third kappa shape index (κ3) is 4.38. The Bertz CT molecular complexity index is 743. The first-order valence-electron chi connectivity index (χ1n) is 7.12. The molecular weight excluding hydrogens is 386 g/mol. The lowest BCUT2D eigenvalue weighted by molar-refractivity contribution is 0.250. The van der Waals surface area contributed by atoms with Gasteiger partial charge in [0, 0.05) is 39.4 Å². The van der Waals surface area contributed by atoms with E-state index < -0.39 is 20.7 Å². The summed E-state index contributed by atoms with van der Waals surface area (Å²) in [6.45, 7) is 0. The molecule has 0 amide bonds. The molecule has 1 aromatic carbocycles. The molecule has 0 aliphatic rings. The van der Waals surface area contributed by atoms with Gasteiger partial charge in [0.15, 0.2) is 5.13 Å². The molecule has 2 aromatic rings. The molecule has 1 heterocycles. The standard InChI is InChI=1S/C14H20N2O6P2S/c1-19-23(17,20-2)14(24(18,21-3)22-4)16-13-15-12(10-25-13)11-8-6-5-7-9-11/h5-10,14H,1-4H3,(H,15,16). The van der Waals surface area contributed by atoms with Crippen molar-refractivity contribution in [2.45, 2.75) is 5.52 Å². The molecule has 0 fully saturated rings. The first kappa shape index (κ1) is 20.3. The van der Waals surface area contributed by atoms with Crippen LogP contribution < -0.4 is 5.32 Å². The fourth-order valence-corrected chi connectivity index (χ4v) is 7.17. The Labute approximate surface area is 150 Å². The lowest BCUT2D eigenvalue weighted by Gasteiger charge is -2.29. The van der Waals surface area contributed by atoms with Crippen molar-refractivity contribution in [3.8, 4) is 11.3 Å². The normalized spacial score (nSPS) is 12.5. The Morgan fingerprint density at radius 2 is 1.48 bits per heavy atom. The van der Waals surface area contributed by atoms with Gasteiger partial charge >= 0.3 is 15.2 Å². The zero-order valence-electron chi connectivity index (χ0n) is 14.2. The van der Waals surface area contributed by atoms with E-state index in [4.69, 9.17) is 18.1 Å². The van der Waals surface area contributed by atoms with Gasteiger partial charge in [-0.25, -0.2) is 4.98 Å². The van der Waals surface area contributed by atoms with E-state index in [1.807, 2.05) is 35.7 Å². The summed E-state index contributed by atoms with van der Waals surface area (Å²) in [4.78, 5) is 4.43. The number of hydrogen-bond acceptors (Lipinski definition) is 9. The summed E-state index contributed by atoms with van der Waals surface area (Å²) >= 11 is 1.26. The number of benzene rings is 1. The van der Waals surface area contributed by atoms with Crippen molar-refractivity contribution in [2.75, 3.05) is 33.8 Å². The zero-order chi connectivity index (χ0) is 18.5. The second-order valence-electron chi connectivity index (χ2n) is 4.73. The summed E-state index contributed by atoms with van der Waals surface area (Å²) in [6.07, 6.45) is 0. The Balaban J connectivity index is 2.36. The van der Waals surface area contributed by atoms with E-state index in [0.29, 0.717) is 5.13 Å². The Morgan fingerprint density at radius 3 is 1.96 bits per heavy atom. The van der Waals surface area contributed by atoms with Gasteiger partial charge in [0.1, 0.15) is 0 Å². The van der Waals surface area contributed by atoms with Gasteiger partial charge in [-0.1, -0.05) is 30.3 Å². The molecule has 0 spiro atoms. The minimum Gasteiger partial charge on any atom is -0.338 e. The van der Waals surface area contributed by atoms with Gasteiger partial charge in [-0.15, -0.1) is 11.3 Å². The largest absolute Gasteiger partial charge is 0.364 e. The Hall–Kier alpha value is -1.05. The highest BCUT2D eigenvalue weighted by molar-refractivity contribution is 7.72. The van der Waals surface area contributed by atoms with E-state index >= 15 is 0 Å². The summed E-state index contributed by atoms with van der Waals surface area (Å²) in [5.74, 6) is 0. The van der Waals surface area contributed by atoms with E-state index in [2.05, 4.69) is 10.3 Å². The van der Waals surface area contributed by atoms with Crippen molar-refractivity contribution in [1.29, 1.82) is 0 Å². The number of hydrogen-bond donors (Lipinski definition) is 1. The molecule has 0 saturated heterocycles. The molecule has 0 unspecified atom stereocenters. The number of thiazole rings is 1. The van der Waals surface area contributed by atoms with Crippen LogP contribution in [-0.4, -0.2) is 38.9 Å². The van der Waals surface area contributed by atoms with Crippen molar-refractivity contribution in [2.24, 2.45) is 0 Å². The topological polar surface area (TPSA) is 96.0 Å². The van der Waals surface area contributed by atoms with Crippen LogP contribution in [0.5, 0.6) is 0 Å². The van der Waals surface area contributed by atoms with Crippen LogP contribution in [-0.2, 0) is 27.2 Å². The smallest absolute Gasteiger partial charge is 0.338 e. The highest BCUT2D eigenvalue weighted by atomic mass is 32.1. The third-order valence-corrected chi connectivity index (χ3v) is 9.41. The van der Waals surface area contributed by atoms with Gasteiger partial charge in [-0.2, -0.15) is 0 Å². The fraction of sp³-hybridized carbons (Fsp3) is 0.357. The molecule has 0 bridgehead atoms. The van der Waals surface area contributed by atoms with Crippen molar-refractivity contribution >= 4 is 31.7 Å². The van der Waals surface area contributed by atoms with E-state index in [-0.39, 0.29) is 0 Å². The highest BCUT2D eigenvalue weighted by Crippen LogP contribution is 2.69. The van der Waals surface area contributed by atoms with Gasteiger partial charge in [0.2, 0.25) is 5.52 Å². The van der Waals surface area contributed by atoms with Crippen LogP contribution in [0.4, 0.5) is 5.13 Å². The van der Waals surface area contributed by atoms with E-state index in [1.54, 1.807) is 0 Å². The molecule has 1 aromatic heterocycles. The van der Waals surface area contributed by atoms with Gasteiger partial charge in [0.05, 0.1) is 5.69 Å². The molecule has 0 saturated carbocycles. The highest BCUT2D eigenvalue weighted by Gasteiger charge is 2.50. The number of aromatic nitrogens is 1. The maximum absolute atomic E-state index is 12.8. The lowest BCUT2D eigenvalue weighted by atomic mass is 10.2. The molecule has 0 atom stereocenters. The van der Waals surface area contributed by atoms with Crippen LogP contribution >= 0.6 is 26.5 Å². The summed E-state index contributed by atoms with van der Waals surface area (Å²) < 4.78 is 45.6. The van der Waals surface area contributed by atoms with Gasteiger partial charge < -0.3 is 23.4 Å². The predicted octanol–water partition coefficient (Wildman–Crippen LogP) is 4.48. The predicted molar refractivity (Wildman–Crippen MR) is 98.2 cm³/mol. The first-order valence-corrected chi connectivity index (χ1v) is 11.2. The van der Waals surface area contributed by atoms with Crippen LogP contribution in [0.25, 0.3) is 11.3 Å². The van der Waals surface area contributed by atoms with Gasteiger partial charge in [-0.05, 0) is 0 Å². The third-order valence-electron chi connectivity index (χ3n) is 3.44. The fourth-order valence-electron chi connectivity index (χ4n) is 2.07. The first-order chi connectivity index (χ1) is 11.9. The number of rotatable bonds is 9. The maximum atomic E-state index is 12.8. The van der Waals surface area contributed by atoms with Crippen LogP contribution in [0.3, 0.4) is 0 Å². The van der Waals surface area contributed by atoms with Crippen LogP contribution in [0, 0.1) is 0 Å². The molecule has 2 rings (SSSR count). The Morgan fingerprint density at radius 1 is 0.960 bits per heavy atom. The maximum Gasteiger partial charge on any atom is 0.364 e. The van der Waals surface area contributed by atoms with E-state index in [0.717, 1.165) is 11.3 Å². The van der Waals surface area contributed by atoms with Crippen molar-refractivity contribution < 1.29 is 27.2 Å². The molecule has 11 heteroatoms. The average molecular weight is 406 g/mol. The average Bonchev–Trinajstić information content (AvgIpc) is 3.14. The number of nitrogens with zero attached hydrogens (tertiary/aromatic N) is 1. The lowest BCUT2D eigenvalue weighted by Crippen LogP contribution is -2.23. The molecule has 0 radical (unpaired) electrons. The molecule has 1 N–H and O–H groups in total. The molecular formula is C14H20N2O6P2S. The molecule has 25 heavy (non-hydrogen) atoms. The molecule has 0 aliphatic carbocycles. The van der Waals surface area contributed by atoms with Crippen molar-refractivity contribution in [3.05, 3.63) is 35.7 Å². The van der Waals surface area contributed by atoms with E-state index in [9.17, 15) is 9.13 Å². The Kier molecular flexibility index (Phi) is 6.93. The number of nitrogens with one attached hydrogen (secondary N) is 1. The summed E-state index contributed by atoms with van der Waals surface area (Å²) in [5, 5.41) is 5.04. The second kappa shape index (κ2) is 8.56. The van der Waals surface area contributed by atoms with Gasteiger partial charge in [-0.3, -0.25) is 9.13 Å². The number of anilines is 1. The van der Waals surface area contributed by atoms with E-state index in [1.165, 1.54) is 39.8 Å².